The van der Waals surface area contributed by atoms with Gasteiger partial charge in [-0.2, -0.15) is 0 Å². The van der Waals surface area contributed by atoms with Gasteiger partial charge in [-0.05, 0) is 12.8 Å². The van der Waals surface area contributed by atoms with Crippen LogP contribution in [-0.4, -0.2) is 37.6 Å². The fourth-order valence-corrected chi connectivity index (χ4v) is 1.17. The van der Waals surface area contributed by atoms with Crippen molar-refractivity contribution in [3.8, 4) is 0 Å². The largest absolute Gasteiger partial charge is 0.394 e. The third kappa shape index (κ3) is 8.22. The molecule has 0 aromatic heterocycles. The van der Waals surface area contributed by atoms with Gasteiger partial charge in [-0.3, -0.25) is 0 Å². The van der Waals surface area contributed by atoms with E-state index in [2.05, 4.69) is 13.8 Å². The molecule has 0 aromatic rings. The Labute approximate surface area is 81.0 Å². The number of aliphatic hydroxyl groups is 1. The van der Waals surface area contributed by atoms with Crippen LogP contribution in [-0.2, 0) is 9.47 Å². The Balaban J connectivity index is 3.17. The number of ether oxygens (including phenoxy) is 2. The Kier molecular flexibility index (Phi) is 9.87. The predicted octanol–water partition coefficient (Wildman–Crippen LogP) is 1.59. The van der Waals surface area contributed by atoms with Gasteiger partial charge in [0.05, 0.1) is 32.5 Å². The van der Waals surface area contributed by atoms with Crippen molar-refractivity contribution in [3.05, 3.63) is 0 Å². The first-order chi connectivity index (χ1) is 6.35. The molecule has 0 bridgehead atoms. The molecule has 0 aliphatic carbocycles. The summed E-state index contributed by atoms with van der Waals surface area (Å²) >= 11 is 0. The second-order valence-electron chi connectivity index (χ2n) is 3.03. The molecule has 0 aliphatic rings. The van der Waals surface area contributed by atoms with Gasteiger partial charge >= 0.3 is 0 Å². The quantitative estimate of drug-likeness (QED) is 0.561. The molecule has 1 N–H and O–H groups in total. The van der Waals surface area contributed by atoms with E-state index < -0.39 is 0 Å². The van der Waals surface area contributed by atoms with Crippen LogP contribution < -0.4 is 0 Å². The molecule has 1 atom stereocenters. The average molecular weight is 190 g/mol. The van der Waals surface area contributed by atoms with Crippen LogP contribution >= 0.6 is 0 Å². The molecule has 80 valence electrons. The fourth-order valence-electron chi connectivity index (χ4n) is 1.17. The van der Waals surface area contributed by atoms with E-state index in [-0.39, 0.29) is 6.61 Å². The molecule has 0 heterocycles. The highest BCUT2D eigenvalue weighted by Gasteiger charge is 2.03. The summed E-state index contributed by atoms with van der Waals surface area (Å²) in [4.78, 5) is 0. The van der Waals surface area contributed by atoms with Crippen molar-refractivity contribution < 1.29 is 14.6 Å². The second kappa shape index (κ2) is 9.96. The van der Waals surface area contributed by atoms with Crippen LogP contribution in [0.1, 0.15) is 33.1 Å². The van der Waals surface area contributed by atoms with Crippen LogP contribution in [0.5, 0.6) is 0 Å². The van der Waals surface area contributed by atoms with E-state index in [1.165, 1.54) is 0 Å². The average Bonchev–Trinajstić information content (AvgIpc) is 2.16. The molecule has 0 amide bonds. The van der Waals surface area contributed by atoms with E-state index in [1.54, 1.807) is 0 Å². The Hall–Kier alpha value is -0.120. The standard InChI is InChI=1S/C10H22O3/c1-3-5-10(4-2)13-9-8-12-7-6-11/h10-11H,3-9H2,1-2H3. The lowest BCUT2D eigenvalue weighted by Gasteiger charge is -2.14. The third-order valence-corrected chi connectivity index (χ3v) is 1.88. The van der Waals surface area contributed by atoms with Gasteiger partial charge in [-0.15, -0.1) is 0 Å². The first kappa shape index (κ1) is 12.9. The predicted molar refractivity (Wildman–Crippen MR) is 52.8 cm³/mol. The molecule has 3 heteroatoms. The number of aliphatic hydroxyl groups excluding tert-OH is 1. The van der Waals surface area contributed by atoms with E-state index in [4.69, 9.17) is 14.6 Å². The Bertz CT molecular complexity index is 96.2. The van der Waals surface area contributed by atoms with Crippen molar-refractivity contribution in [1.29, 1.82) is 0 Å². The SMILES string of the molecule is CCCC(CC)OCCOCCO. The molecule has 0 radical (unpaired) electrons. The first-order valence-electron chi connectivity index (χ1n) is 5.15. The van der Waals surface area contributed by atoms with Gasteiger partial charge in [-0.1, -0.05) is 20.3 Å². The Morgan fingerprint density at radius 2 is 1.92 bits per heavy atom. The lowest BCUT2D eigenvalue weighted by molar-refractivity contribution is -0.00677. The van der Waals surface area contributed by atoms with Crippen molar-refractivity contribution in [2.45, 2.75) is 39.2 Å². The van der Waals surface area contributed by atoms with Gasteiger partial charge in [0, 0.05) is 0 Å². The molecule has 0 rings (SSSR count). The molecule has 0 aromatic carbocycles. The molecule has 1 unspecified atom stereocenters. The van der Waals surface area contributed by atoms with Gasteiger partial charge in [0.25, 0.3) is 0 Å². The van der Waals surface area contributed by atoms with Crippen LogP contribution in [0.3, 0.4) is 0 Å². The van der Waals surface area contributed by atoms with E-state index in [9.17, 15) is 0 Å². The molecule has 13 heavy (non-hydrogen) atoms. The third-order valence-electron chi connectivity index (χ3n) is 1.88. The van der Waals surface area contributed by atoms with Crippen LogP contribution in [0.4, 0.5) is 0 Å². The summed E-state index contributed by atoms with van der Waals surface area (Å²) in [7, 11) is 0. The highest BCUT2D eigenvalue weighted by Crippen LogP contribution is 2.05. The summed E-state index contributed by atoms with van der Waals surface area (Å²) in [5.74, 6) is 0. The molecule has 0 spiro atoms. The first-order valence-corrected chi connectivity index (χ1v) is 5.15. The van der Waals surface area contributed by atoms with E-state index >= 15 is 0 Å². The van der Waals surface area contributed by atoms with Crippen LogP contribution in [0.15, 0.2) is 0 Å². The summed E-state index contributed by atoms with van der Waals surface area (Å²) in [5, 5.41) is 8.44. The number of hydrogen-bond donors (Lipinski definition) is 1. The Morgan fingerprint density at radius 3 is 2.46 bits per heavy atom. The highest BCUT2D eigenvalue weighted by molar-refractivity contribution is 4.53. The number of rotatable bonds is 9. The molecule has 0 saturated carbocycles. The summed E-state index contributed by atoms with van der Waals surface area (Å²) in [5.41, 5.74) is 0. The lowest BCUT2D eigenvalue weighted by Crippen LogP contribution is -2.15. The molecule has 0 saturated heterocycles. The summed E-state index contributed by atoms with van der Waals surface area (Å²) < 4.78 is 10.7. The zero-order chi connectivity index (χ0) is 9.94. The van der Waals surface area contributed by atoms with Crippen molar-refractivity contribution in [1.82, 2.24) is 0 Å². The van der Waals surface area contributed by atoms with Crippen LogP contribution in [0.25, 0.3) is 0 Å². The van der Waals surface area contributed by atoms with Crippen LogP contribution in [0, 0.1) is 0 Å². The minimum atomic E-state index is 0.0895. The zero-order valence-corrected chi connectivity index (χ0v) is 8.79. The summed E-state index contributed by atoms with van der Waals surface area (Å²) in [6.45, 7) is 6.02. The van der Waals surface area contributed by atoms with Gasteiger partial charge in [0.1, 0.15) is 0 Å². The molecular weight excluding hydrogens is 168 g/mol. The van der Waals surface area contributed by atoms with E-state index in [1.807, 2.05) is 0 Å². The van der Waals surface area contributed by atoms with Crippen molar-refractivity contribution in [2.24, 2.45) is 0 Å². The van der Waals surface area contributed by atoms with Crippen molar-refractivity contribution >= 4 is 0 Å². The smallest absolute Gasteiger partial charge is 0.0704 e. The van der Waals surface area contributed by atoms with E-state index in [0.717, 1.165) is 19.3 Å². The fraction of sp³-hybridized carbons (Fsp3) is 1.00. The zero-order valence-electron chi connectivity index (χ0n) is 8.79. The number of hydrogen-bond acceptors (Lipinski definition) is 3. The minimum absolute atomic E-state index is 0.0895. The van der Waals surface area contributed by atoms with Gasteiger partial charge in [0.2, 0.25) is 0 Å². The highest BCUT2D eigenvalue weighted by atomic mass is 16.5. The maximum absolute atomic E-state index is 8.44. The lowest BCUT2D eigenvalue weighted by atomic mass is 10.2. The molecule has 3 nitrogen and oxygen atoms in total. The van der Waals surface area contributed by atoms with Crippen LogP contribution in [0.2, 0.25) is 0 Å². The maximum Gasteiger partial charge on any atom is 0.0704 e. The van der Waals surface area contributed by atoms with Gasteiger partial charge in [0.15, 0.2) is 0 Å². The van der Waals surface area contributed by atoms with Gasteiger partial charge in [-0.25, -0.2) is 0 Å². The maximum atomic E-state index is 8.44. The molecular formula is C10H22O3. The second-order valence-corrected chi connectivity index (χ2v) is 3.03. The monoisotopic (exact) mass is 190 g/mol. The summed E-state index contributed by atoms with van der Waals surface area (Å²) in [6.07, 6.45) is 3.73. The van der Waals surface area contributed by atoms with E-state index in [0.29, 0.717) is 25.9 Å². The molecule has 0 fully saturated rings. The normalized spacial score (nSPS) is 13.2. The molecule has 0 aliphatic heterocycles. The Morgan fingerprint density at radius 1 is 1.15 bits per heavy atom. The minimum Gasteiger partial charge on any atom is -0.394 e. The van der Waals surface area contributed by atoms with Crippen molar-refractivity contribution in [3.63, 3.8) is 0 Å². The van der Waals surface area contributed by atoms with Crippen molar-refractivity contribution in [2.75, 3.05) is 26.4 Å². The van der Waals surface area contributed by atoms with Gasteiger partial charge < -0.3 is 14.6 Å². The topological polar surface area (TPSA) is 38.7 Å². The summed E-state index contributed by atoms with van der Waals surface area (Å²) in [6, 6.07) is 0.